The van der Waals surface area contributed by atoms with Gasteiger partial charge < -0.3 is 20.5 Å². The van der Waals surface area contributed by atoms with Crippen LogP contribution in [0.3, 0.4) is 0 Å². The van der Waals surface area contributed by atoms with Crippen molar-refractivity contribution in [2.45, 2.75) is 37.5 Å². The van der Waals surface area contributed by atoms with Crippen molar-refractivity contribution in [1.29, 1.82) is 0 Å². The molecule has 214 valence electrons. The van der Waals surface area contributed by atoms with Gasteiger partial charge in [-0.1, -0.05) is 90.5 Å². The average molecular weight is 589 g/mol. The number of halogens is 1. The second kappa shape index (κ2) is 11.1. The number of hydrogen-bond acceptors (Lipinski definition) is 3. The van der Waals surface area contributed by atoms with Crippen molar-refractivity contribution < 1.29 is 14.4 Å². The Morgan fingerprint density at radius 1 is 0.884 bits per heavy atom. The van der Waals surface area contributed by atoms with Gasteiger partial charge in [-0.05, 0) is 46.5 Å². The van der Waals surface area contributed by atoms with E-state index in [2.05, 4.69) is 15.6 Å². The number of hydrogen-bond donors (Lipinski definition) is 3. The van der Waals surface area contributed by atoms with Crippen LogP contribution in [0, 0.1) is 0 Å². The summed E-state index contributed by atoms with van der Waals surface area (Å²) < 4.78 is 0. The van der Waals surface area contributed by atoms with E-state index < -0.39 is 18.1 Å². The van der Waals surface area contributed by atoms with Crippen LogP contribution < -0.4 is 10.6 Å². The molecule has 0 bridgehead atoms. The van der Waals surface area contributed by atoms with Crippen molar-refractivity contribution in [1.82, 2.24) is 20.5 Å². The molecule has 0 fully saturated rings. The normalized spacial score (nSPS) is 17.6. The van der Waals surface area contributed by atoms with E-state index in [9.17, 15) is 14.4 Å². The van der Waals surface area contributed by atoms with Crippen molar-refractivity contribution in [3.63, 3.8) is 0 Å². The molecule has 5 aromatic rings. The van der Waals surface area contributed by atoms with Gasteiger partial charge in [0.1, 0.15) is 12.1 Å². The first-order valence-corrected chi connectivity index (χ1v) is 14.7. The Labute approximate surface area is 253 Å². The van der Waals surface area contributed by atoms with E-state index in [-0.39, 0.29) is 17.7 Å². The van der Waals surface area contributed by atoms with Crippen LogP contribution in [-0.4, -0.2) is 39.7 Å². The lowest BCUT2D eigenvalue weighted by molar-refractivity contribution is -0.132. The minimum Gasteiger partial charge on any atom is -0.356 e. The highest BCUT2D eigenvalue weighted by molar-refractivity contribution is 6.30. The number of H-pyrrole nitrogens is 1. The summed E-state index contributed by atoms with van der Waals surface area (Å²) in [6.45, 7) is 0.293. The van der Waals surface area contributed by atoms with E-state index in [1.165, 1.54) is 0 Å². The smallest absolute Gasteiger partial charge is 0.255 e. The van der Waals surface area contributed by atoms with E-state index in [4.69, 9.17) is 11.6 Å². The van der Waals surface area contributed by atoms with Crippen LogP contribution in [0.1, 0.15) is 44.3 Å². The fraction of sp³-hybridized carbons (Fsp3) is 0.171. The lowest BCUT2D eigenvalue weighted by atomic mass is 9.89. The summed E-state index contributed by atoms with van der Waals surface area (Å²) >= 11 is 6.02. The number of fused-ring (bicyclic) bond motifs is 7. The number of nitrogens with zero attached hydrogens (tertiary/aromatic N) is 1. The van der Waals surface area contributed by atoms with Gasteiger partial charge in [-0.2, -0.15) is 0 Å². The Bertz CT molecular complexity index is 1850. The van der Waals surface area contributed by atoms with Crippen LogP contribution in [0.5, 0.6) is 0 Å². The second-order valence-corrected chi connectivity index (χ2v) is 11.5. The summed E-state index contributed by atoms with van der Waals surface area (Å²) in [6.07, 6.45) is 0.646. The fourth-order valence-corrected chi connectivity index (χ4v) is 6.50. The van der Waals surface area contributed by atoms with Gasteiger partial charge in [-0.3, -0.25) is 14.4 Å². The number of carbonyl (C=O) groups excluding carboxylic acids is 3. The molecule has 3 unspecified atom stereocenters. The van der Waals surface area contributed by atoms with Gasteiger partial charge in [0.2, 0.25) is 11.8 Å². The molecule has 8 heteroatoms. The Morgan fingerprint density at radius 2 is 1.60 bits per heavy atom. The minimum absolute atomic E-state index is 0.183. The van der Waals surface area contributed by atoms with Crippen LogP contribution in [0.4, 0.5) is 0 Å². The van der Waals surface area contributed by atoms with Gasteiger partial charge in [0, 0.05) is 46.6 Å². The Balaban J connectivity index is 1.21. The molecule has 3 heterocycles. The lowest BCUT2D eigenvalue weighted by Gasteiger charge is -2.37. The maximum absolute atomic E-state index is 14.2. The standard InChI is InChI=1S/C35H29ClN4O3/c36-23-16-14-22(15-17-23)20-37-33(41)29(18-21-8-2-1-3-9-21)39-34(42)30-19-27-24-10-6-7-13-28(24)38-31(27)32-25-11-4-5-12-26(25)35(43)40(30)32/h1-17,29-30,32,38H,18-20H2,(H,37,41)(H,39,42). The molecule has 4 aromatic carbocycles. The lowest BCUT2D eigenvalue weighted by Crippen LogP contribution is -2.57. The number of amides is 3. The van der Waals surface area contributed by atoms with Crippen LogP contribution in [0.25, 0.3) is 10.9 Å². The number of aromatic amines is 1. The van der Waals surface area contributed by atoms with Crippen molar-refractivity contribution in [2.24, 2.45) is 0 Å². The molecule has 3 N–H and O–H groups in total. The number of benzene rings is 4. The minimum atomic E-state index is -0.843. The predicted octanol–water partition coefficient (Wildman–Crippen LogP) is 5.34. The van der Waals surface area contributed by atoms with Gasteiger partial charge in [0.25, 0.3) is 5.91 Å². The fourth-order valence-electron chi connectivity index (χ4n) is 6.38. The summed E-state index contributed by atoms with van der Waals surface area (Å²) in [5.74, 6) is -0.843. The van der Waals surface area contributed by atoms with E-state index in [1.54, 1.807) is 17.0 Å². The topological polar surface area (TPSA) is 94.3 Å². The van der Waals surface area contributed by atoms with Crippen LogP contribution >= 0.6 is 11.6 Å². The molecule has 43 heavy (non-hydrogen) atoms. The second-order valence-electron chi connectivity index (χ2n) is 11.1. The number of nitrogens with one attached hydrogen (secondary N) is 3. The number of carbonyl (C=O) groups is 3. The molecule has 0 saturated heterocycles. The van der Waals surface area contributed by atoms with Gasteiger partial charge in [-0.15, -0.1) is 0 Å². The molecule has 3 atom stereocenters. The zero-order valence-electron chi connectivity index (χ0n) is 23.2. The summed E-state index contributed by atoms with van der Waals surface area (Å²) in [4.78, 5) is 46.8. The third-order valence-corrected chi connectivity index (χ3v) is 8.70. The van der Waals surface area contributed by atoms with Crippen molar-refractivity contribution in [3.8, 4) is 0 Å². The first-order chi connectivity index (χ1) is 21.0. The quantitative estimate of drug-likeness (QED) is 0.240. The Hall–Kier alpha value is -4.88. The molecular weight excluding hydrogens is 560 g/mol. The maximum Gasteiger partial charge on any atom is 0.255 e. The van der Waals surface area contributed by atoms with Gasteiger partial charge in [0.15, 0.2) is 0 Å². The van der Waals surface area contributed by atoms with Gasteiger partial charge >= 0.3 is 0 Å². The largest absolute Gasteiger partial charge is 0.356 e. The zero-order valence-corrected chi connectivity index (χ0v) is 24.0. The van der Waals surface area contributed by atoms with Gasteiger partial charge in [0.05, 0.1) is 6.04 Å². The first kappa shape index (κ1) is 27.0. The van der Waals surface area contributed by atoms with E-state index in [0.29, 0.717) is 30.0 Å². The predicted molar refractivity (Wildman–Crippen MR) is 166 cm³/mol. The molecule has 0 aliphatic carbocycles. The number of aromatic nitrogens is 1. The highest BCUT2D eigenvalue weighted by Crippen LogP contribution is 2.46. The molecule has 0 spiro atoms. The number of para-hydroxylation sites is 1. The zero-order chi connectivity index (χ0) is 29.5. The monoisotopic (exact) mass is 588 g/mol. The molecule has 1 aromatic heterocycles. The van der Waals surface area contributed by atoms with Crippen LogP contribution in [-0.2, 0) is 29.0 Å². The van der Waals surface area contributed by atoms with E-state index in [1.807, 2.05) is 91.0 Å². The summed E-state index contributed by atoms with van der Waals surface area (Å²) in [7, 11) is 0. The molecule has 2 aliphatic heterocycles. The Kier molecular flexibility index (Phi) is 6.95. The van der Waals surface area contributed by atoms with Crippen molar-refractivity contribution >= 4 is 40.2 Å². The molecule has 3 amide bonds. The SMILES string of the molecule is O=C(NCc1ccc(Cl)cc1)C(Cc1ccccc1)NC(=O)C1Cc2c([nH]c3ccccc23)C2c3ccccc3C(=O)N12. The van der Waals surface area contributed by atoms with E-state index in [0.717, 1.165) is 38.9 Å². The third-order valence-electron chi connectivity index (χ3n) is 8.45. The van der Waals surface area contributed by atoms with Crippen molar-refractivity contribution in [2.75, 3.05) is 0 Å². The first-order valence-electron chi connectivity index (χ1n) is 14.4. The van der Waals surface area contributed by atoms with E-state index >= 15 is 0 Å². The summed E-state index contributed by atoms with van der Waals surface area (Å²) in [5, 5.41) is 7.66. The number of rotatable bonds is 7. The van der Waals surface area contributed by atoms with Crippen molar-refractivity contribution in [3.05, 3.63) is 142 Å². The van der Waals surface area contributed by atoms with Gasteiger partial charge in [-0.25, -0.2) is 0 Å². The van der Waals surface area contributed by atoms with Crippen LogP contribution in [0.2, 0.25) is 5.02 Å². The maximum atomic E-state index is 14.2. The Morgan fingerprint density at radius 3 is 2.42 bits per heavy atom. The highest BCUT2D eigenvalue weighted by Gasteiger charge is 2.49. The summed E-state index contributed by atoms with van der Waals surface area (Å²) in [6, 6.07) is 30.3. The molecule has 0 radical (unpaired) electrons. The average Bonchev–Trinajstić information content (AvgIpc) is 3.55. The molecule has 7 nitrogen and oxygen atoms in total. The third kappa shape index (κ3) is 4.96. The molecular formula is C35H29ClN4O3. The summed E-state index contributed by atoms with van der Waals surface area (Å²) in [5.41, 5.74) is 6.20. The highest BCUT2D eigenvalue weighted by atomic mass is 35.5. The molecule has 0 saturated carbocycles. The van der Waals surface area contributed by atoms with Crippen LogP contribution in [0.15, 0.2) is 103 Å². The molecule has 2 aliphatic rings. The molecule has 7 rings (SSSR count).